The number of ether oxygens (including phenoxy) is 1. The Bertz CT molecular complexity index is 1080. The van der Waals surface area contributed by atoms with Crippen molar-refractivity contribution in [3.63, 3.8) is 0 Å². The molecule has 2 aliphatic heterocycles. The minimum absolute atomic E-state index is 0.0754. The molecule has 1 aromatic carbocycles. The lowest BCUT2D eigenvalue weighted by Gasteiger charge is -2.32. The molecule has 0 radical (unpaired) electrons. The van der Waals surface area contributed by atoms with Gasteiger partial charge in [-0.05, 0) is 31.9 Å². The van der Waals surface area contributed by atoms with Crippen molar-refractivity contribution in [1.29, 1.82) is 0 Å². The number of nitrogens with zero attached hydrogens (tertiary/aromatic N) is 2. The molecule has 0 bridgehead atoms. The molecule has 2 amide bonds. The molecule has 10 nitrogen and oxygen atoms in total. The summed E-state index contributed by atoms with van der Waals surface area (Å²) in [5.41, 5.74) is 0.210. The van der Waals surface area contributed by atoms with E-state index in [2.05, 4.69) is 20.6 Å². The van der Waals surface area contributed by atoms with E-state index >= 15 is 0 Å². The number of benzene rings is 1. The molecule has 3 heterocycles. The lowest BCUT2D eigenvalue weighted by Crippen LogP contribution is -2.42. The fourth-order valence-electron chi connectivity index (χ4n) is 4.11. The van der Waals surface area contributed by atoms with Gasteiger partial charge in [-0.1, -0.05) is 18.2 Å². The molecule has 4 rings (SSSR count). The first kappa shape index (κ1) is 21.5. The van der Waals surface area contributed by atoms with Crippen molar-refractivity contribution < 1.29 is 19.1 Å². The number of fused-ring (bicyclic) bond motifs is 1. The minimum Gasteiger partial charge on any atom is -0.466 e. The van der Waals surface area contributed by atoms with Crippen LogP contribution in [-0.2, 0) is 19.1 Å². The summed E-state index contributed by atoms with van der Waals surface area (Å²) in [5.74, 6) is -2.06. The summed E-state index contributed by atoms with van der Waals surface area (Å²) >= 11 is 0. The third kappa shape index (κ3) is 4.48. The zero-order valence-electron chi connectivity index (χ0n) is 17.7. The number of H-pyrrole nitrogens is 1. The van der Waals surface area contributed by atoms with Crippen molar-refractivity contribution in [3.05, 3.63) is 46.2 Å². The summed E-state index contributed by atoms with van der Waals surface area (Å²) in [7, 11) is 0. The topological polar surface area (TPSA) is 133 Å². The Hall–Kier alpha value is -3.69. The van der Waals surface area contributed by atoms with Crippen LogP contribution < -0.4 is 21.1 Å². The molecule has 2 aliphatic rings. The number of esters is 1. The maximum absolute atomic E-state index is 13.0. The summed E-state index contributed by atoms with van der Waals surface area (Å²) in [6.45, 7) is 3.02. The Labute approximate surface area is 184 Å². The molecular weight excluding hydrogens is 414 g/mol. The first-order chi connectivity index (χ1) is 15.5. The van der Waals surface area contributed by atoms with Crippen LogP contribution in [0.2, 0.25) is 0 Å². The largest absolute Gasteiger partial charge is 0.466 e. The molecule has 2 aromatic rings. The summed E-state index contributed by atoms with van der Waals surface area (Å²) in [6.07, 6.45) is 1.28. The second kappa shape index (κ2) is 9.21. The molecule has 3 N–H and O–H groups in total. The van der Waals surface area contributed by atoms with Gasteiger partial charge >= 0.3 is 5.97 Å². The van der Waals surface area contributed by atoms with E-state index in [1.54, 1.807) is 36.1 Å². The normalized spacial score (nSPS) is 20.2. The lowest BCUT2D eigenvalue weighted by molar-refractivity contribution is -0.148. The molecule has 1 saturated heterocycles. The van der Waals surface area contributed by atoms with Crippen molar-refractivity contribution in [2.45, 2.75) is 32.1 Å². The average Bonchev–Trinajstić information content (AvgIpc) is 2.79. The van der Waals surface area contributed by atoms with Gasteiger partial charge in [0, 0.05) is 25.2 Å². The predicted octanol–water partition coefficient (Wildman–Crippen LogP) is 1.61. The Morgan fingerprint density at radius 1 is 1.25 bits per heavy atom. The van der Waals surface area contributed by atoms with Crippen molar-refractivity contribution in [2.24, 2.45) is 5.92 Å². The molecule has 0 unspecified atom stereocenters. The monoisotopic (exact) mass is 439 g/mol. The second-order valence-electron chi connectivity index (χ2n) is 7.85. The number of carbonyl (C=O) groups excluding carboxylic acids is 3. The van der Waals surface area contributed by atoms with Crippen LogP contribution in [0.15, 0.2) is 35.1 Å². The Morgan fingerprint density at radius 3 is 2.78 bits per heavy atom. The first-order valence-electron chi connectivity index (χ1n) is 10.7. The second-order valence-corrected chi connectivity index (χ2v) is 7.85. The van der Waals surface area contributed by atoms with Crippen molar-refractivity contribution >= 4 is 35.2 Å². The smallest absolute Gasteiger partial charge is 0.310 e. The Balaban J connectivity index is 1.60. The van der Waals surface area contributed by atoms with Crippen LogP contribution in [0.25, 0.3) is 0 Å². The van der Waals surface area contributed by atoms with Gasteiger partial charge in [-0.3, -0.25) is 24.2 Å². The van der Waals surface area contributed by atoms with Gasteiger partial charge in [-0.15, -0.1) is 0 Å². The standard InChI is InChI=1S/C22H25N5O5/c1-2-32-21(31)13-7-6-10-27(12-13)22-25-18-17(20(30)26-22)15(11-16(28)24-18)19(29)23-14-8-4-3-5-9-14/h3-5,8-9,13,15H,2,6-7,10-12H2,1H3,(H,23,29)(H2,24,25,26,28,30)/t13-,15+/m0/s1. The number of piperidine rings is 1. The summed E-state index contributed by atoms with van der Waals surface area (Å²) in [4.78, 5) is 59.2. The van der Waals surface area contributed by atoms with E-state index in [4.69, 9.17) is 4.74 Å². The average molecular weight is 439 g/mol. The highest BCUT2D eigenvalue weighted by molar-refractivity contribution is 6.04. The van der Waals surface area contributed by atoms with Gasteiger partial charge in [0.05, 0.1) is 24.0 Å². The number of para-hydroxylation sites is 1. The van der Waals surface area contributed by atoms with Crippen LogP contribution in [0.1, 0.15) is 37.7 Å². The van der Waals surface area contributed by atoms with E-state index in [1.807, 2.05) is 6.07 Å². The molecular formula is C22H25N5O5. The van der Waals surface area contributed by atoms with Crippen LogP contribution >= 0.6 is 0 Å². The van der Waals surface area contributed by atoms with Gasteiger partial charge in [0.15, 0.2) is 0 Å². The number of anilines is 3. The van der Waals surface area contributed by atoms with Crippen molar-refractivity contribution in [3.8, 4) is 0 Å². The molecule has 1 aromatic heterocycles. The number of aromatic nitrogens is 2. The van der Waals surface area contributed by atoms with E-state index in [0.717, 1.165) is 6.42 Å². The van der Waals surface area contributed by atoms with E-state index < -0.39 is 23.3 Å². The molecule has 0 aliphatic carbocycles. The quantitative estimate of drug-likeness (QED) is 0.603. The fraction of sp³-hybridized carbons (Fsp3) is 0.409. The highest BCUT2D eigenvalue weighted by Gasteiger charge is 2.36. The number of hydrogen-bond donors (Lipinski definition) is 3. The van der Waals surface area contributed by atoms with Crippen LogP contribution in [0.5, 0.6) is 0 Å². The highest BCUT2D eigenvalue weighted by atomic mass is 16.5. The van der Waals surface area contributed by atoms with Crippen LogP contribution in [-0.4, -0.2) is 47.4 Å². The van der Waals surface area contributed by atoms with Crippen LogP contribution in [0.3, 0.4) is 0 Å². The molecule has 0 spiro atoms. The molecule has 168 valence electrons. The van der Waals surface area contributed by atoms with E-state index in [-0.39, 0.29) is 35.6 Å². The van der Waals surface area contributed by atoms with Gasteiger partial charge in [-0.25, -0.2) is 0 Å². The Kier molecular flexibility index (Phi) is 6.20. The zero-order valence-corrected chi connectivity index (χ0v) is 17.7. The lowest BCUT2D eigenvalue weighted by atomic mass is 9.92. The van der Waals surface area contributed by atoms with Gasteiger partial charge in [0.25, 0.3) is 5.56 Å². The molecule has 0 saturated carbocycles. The van der Waals surface area contributed by atoms with Crippen LogP contribution in [0, 0.1) is 5.92 Å². The van der Waals surface area contributed by atoms with Gasteiger partial charge in [0.1, 0.15) is 5.82 Å². The van der Waals surface area contributed by atoms with Crippen molar-refractivity contribution in [2.75, 3.05) is 35.2 Å². The van der Waals surface area contributed by atoms with Gasteiger partial charge in [-0.2, -0.15) is 4.98 Å². The van der Waals surface area contributed by atoms with E-state index in [1.165, 1.54) is 0 Å². The zero-order chi connectivity index (χ0) is 22.7. The fourth-order valence-corrected chi connectivity index (χ4v) is 4.11. The number of nitrogens with one attached hydrogen (secondary N) is 3. The minimum atomic E-state index is -0.960. The van der Waals surface area contributed by atoms with Gasteiger partial charge in [0.2, 0.25) is 17.8 Å². The van der Waals surface area contributed by atoms with E-state index in [0.29, 0.717) is 31.8 Å². The maximum Gasteiger partial charge on any atom is 0.310 e. The van der Waals surface area contributed by atoms with Crippen molar-refractivity contribution in [1.82, 2.24) is 9.97 Å². The third-order valence-corrected chi connectivity index (χ3v) is 5.64. The first-order valence-corrected chi connectivity index (χ1v) is 10.7. The number of aromatic amines is 1. The highest BCUT2D eigenvalue weighted by Crippen LogP contribution is 2.31. The predicted molar refractivity (Wildman–Crippen MR) is 117 cm³/mol. The number of rotatable bonds is 5. The summed E-state index contributed by atoms with van der Waals surface area (Å²) in [5, 5.41) is 5.36. The number of carbonyl (C=O) groups is 3. The summed E-state index contributed by atoms with van der Waals surface area (Å²) < 4.78 is 5.12. The maximum atomic E-state index is 13.0. The van der Waals surface area contributed by atoms with E-state index in [9.17, 15) is 19.2 Å². The SMILES string of the molecule is CCOC(=O)[C@H]1CCCN(c2nc3c(c(=O)[nH]2)[C@H](C(=O)Nc2ccccc2)CC(=O)N3)C1. The number of amides is 2. The molecule has 1 fully saturated rings. The molecule has 2 atom stereocenters. The van der Waals surface area contributed by atoms with Crippen LogP contribution in [0.4, 0.5) is 17.5 Å². The summed E-state index contributed by atoms with van der Waals surface area (Å²) in [6, 6.07) is 8.83. The number of hydrogen-bond acceptors (Lipinski definition) is 7. The van der Waals surface area contributed by atoms with Gasteiger partial charge < -0.3 is 20.3 Å². The molecule has 32 heavy (non-hydrogen) atoms. The third-order valence-electron chi connectivity index (χ3n) is 5.64. The molecule has 10 heteroatoms. The Morgan fingerprint density at radius 2 is 2.03 bits per heavy atom.